The smallest absolute Gasteiger partial charge is 0.270 e. The van der Waals surface area contributed by atoms with Gasteiger partial charge in [0.2, 0.25) is 0 Å². The average molecular weight is 390 g/mol. The van der Waals surface area contributed by atoms with Gasteiger partial charge in [0.15, 0.2) is 5.13 Å². The molecule has 2 aromatic rings. The predicted molar refractivity (Wildman–Crippen MR) is 110 cm³/mol. The van der Waals surface area contributed by atoms with Crippen molar-refractivity contribution >= 4 is 28.1 Å². The number of piperazine rings is 1. The lowest BCUT2D eigenvalue weighted by molar-refractivity contribution is 0.0947. The number of amides is 1. The van der Waals surface area contributed by atoms with Crippen LogP contribution in [0.15, 0.2) is 29.6 Å². The summed E-state index contributed by atoms with van der Waals surface area (Å²) in [6.07, 6.45) is 0. The molecule has 0 bridgehead atoms. The minimum atomic E-state index is -0.101. The highest BCUT2D eigenvalue weighted by molar-refractivity contribution is 7.13. The van der Waals surface area contributed by atoms with Gasteiger partial charge in [0.25, 0.3) is 5.91 Å². The van der Waals surface area contributed by atoms with Crippen molar-refractivity contribution in [3.8, 4) is 5.75 Å². The fourth-order valence-corrected chi connectivity index (χ4v) is 3.81. The summed E-state index contributed by atoms with van der Waals surface area (Å²) in [7, 11) is 5.65. The molecule has 0 atom stereocenters. The zero-order chi connectivity index (χ0) is 19.2. The number of aromatic nitrogens is 1. The van der Waals surface area contributed by atoms with Crippen LogP contribution in [-0.4, -0.2) is 76.3 Å². The zero-order valence-corrected chi connectivity index (χ0v) is 17.0. The molecule has 1 aliphatic heterocycles. The molecule has 146 valence electrons. The van der Waals surface area contributed by atoms with Crippen LogP contribution >= 0.6 is 11.3 Å². The largest absolute Gasteiger partial charge is 0.497 e. The van der Waals surface area contributed by atoms with E-state index in [4.69, 9.17) is 4.74 Å². The molecule has 1 saturated heterocycles. The maximum absolute atomic E-state index is 12.2. The van der Waals surface area contributed by atoms with Crippen molar-refractivity contribution in [1.29, 1.82) is 0 Å². The van der Waals surface area contributed by atoms with E-state index >= 15 is 0 Å². The summed E-state index contributed by atoms with van der Waals surface area (Å²) in [5.74, 6) is 0.771. The number of ether oxygens (including phenoxy) is 1. The fraction of sp³-hybridized carbons (Fsp3) is 0.474. The van der Waals surface area contributed by atoms with Crippen LogP contribution in [0.1, 0.15) is 10.5 Å². The lowest BCUT2D eigenvalue weighted by atomic mass is 10.2. The molecule has 0 saturated carbocycles. The third kappa shape index (κ3) is 5.11. The molecule has 1 N–H and O–H groups in total. The number of nitrogens with one attached hydrogen (secondary N) is 1. The first kappa shape index (κ1) is 19.4. The molecule has 1 aromatic heterocycles. The third-order valence-corrected chi connectivity index (χ3v) is 5.46. The van der Waals surface area contributed by atoms with E-state index in [1.54, 1.807) is 7.11 Å². The van der Waals surface area contributed by atoms with Gasteiger partial charge in [0.1, 0.15) is 11.4 Å². The highest BCUT2D eigenvalue weighted by atomic mass is 32.1. The molecular weight excluding hydrogens is 362 g/mol. The first-order valence-corrected chi connectivity index (χ1v) is 9.97. The number of carbonyl (C=O) groups excluding carboxylic acids is 1. The minimum absolute atomic E-state index is 0.101. The van der Waals surface area contributed by atoms with Gasteiger partial charge < -0.3 is 24.8 Å². The monoisotopic (exact) mass is 389 g/mol. The van der Waals surface area contributed by atoms with E-state index in [1.807, 2.05) is 36.5 Å². The molecule has 7 nitrogen and oxygen atoms in total. The van der Waals surface area contributed by atoms with E-state index in [0.29, 0.717) is 12.2 Å². The number of thiazole rings is 1. The van der Waals surface area contributed by atoms with Crippen molar-refractivity contribution in [2.75, 3.05) is 70.3 Å². The molecule has 0 unspecified atom stereocenters. The number of rotatable bonds is 7. The van der Waals surface area contributed by atoms with Gasteiger partial charge in [0, 0.05) is 50.3 Å². The molecule has 1 aliphatic rings. The second-order valence-corrected chi connectivity index (χ2v) is 7.58. The van der Waals surface area contributed by atoms with E-state index in [2.05, 4.69) is 32.2 Å². The molecule has 0 aliphatic carbocycles. The van der Waals surface area contributed by atoms with E-state index in [-0.39, 0.29) is 5.91 Å². The van der Waals surface area contributed by atoms with Crippen molar-refractivity contribution in [2.45, 2.75) is 0 Å². The van der Waals surface area contributed by atoms with Crippen LogP contribution in [0.25, 0.3) is 0 Å². The Labute approximate surface area is 164 Å². The van der Waals surface area contributed by atoms with Gasteiger partial charge in [-0.2, -0.15) is 0 Å². The number of hydrogen-bond acceptors (Lipinski definition) is 7. The quantitative estimate of drug-likeness (QED) is 0.779. The van der Waals surface area contributed by atoms with E-state index in [0.717, 1.165) is 43.6 Å². The number of benzene rings is 1. The Bertz CT molecular complexity index is 739. The maximum Gasteiger partial charge on any atom is 0.270 e. The zero-order valence-electron chi connectivity index (χ0n) is 16.1. The Morgan fingerprint density at radius 2 is 1.85 bits per heavy atom. The molecule has 1 aromatic carbocycles. The highest BCUT2D eigenvalue weighted by Crippen LogP contribution is 2.25. The number of anilines is 2. The minimum Gasteiger partial charge on any atom is -0.497 e. The SMILES string of the molecule is COc1ccc(N2CCN(c3nc(C(=O)NCCN(C)C)cs3)CC2)cc1. The second-order valence-electron chi connectivity index (χ2n) is 6.75. The summed E-state index contributed by atoms with van der Waals surface area (Å²) in [6, 6.07) is 8.16. The Kier molecular flexibility index (Phi) is 6.52. The van der Waals surface area contributed by atoms with Crippen molar-refractivity contribution in [3.05, 3.63) is 35.3 Å². The summed E-state index contributed by atoms with van der Waals surface area (Å²) in [6.45, 7) is 5.07. The lowest BCUT2D eigenvalue weighted by Crippen LogP contribution is -2.46. The van der Waals surface area contributed by atoms with Crippen LogP contribution in [0.2, 0.25) is 0 Å². The van der Waals surface area contributed by atoms with Crippen molar-refractivity contribution in [1.82, 2.24) is 15.2 Å². The third-order valence-electron chi connectivity index (χ3n) is 4.56. The van der Waals surface area contributed by atoms with Gasteiger partial charge in [-0.25, -0.2) is 4.98 Å². The Hall–Kier alpha value is -2.32. The van der Waals surface area contributed by atoms with Crippen LogP contribution in [0.3, 0.4) is 0 Å². The van der Waals surface area contributed by atoms with Gasteiger partial charge in [0.05, 0.1) is 7.11 Å². The maximum atomic E-state index is 12.2. The number of carbonyl (C=O) groups is 1. The fourth-order valence-electron chi connectivity index (χ4n) is 2.95. The molecule has 3 rings (SSSR count). The summed E-state index contributed by atoms with van der Waals surface area (Å²) in [5, 5.41) is 5.67. The van der Waals surface area contributed by atoms with Gasteiger partial charge in [-0.15, -0.1) is 11.3 Å². The Morgan fingerprint density at radius 1 is 1.19 bits per heavy atom. The first-order valence-electron chi connectivity index (χ1n) is 9.09. The van der Waals surface area contributed by atoms with Gasteiger partial charge in [-0.05, 0) is 38.4 Å². The molecule has 0 spiro atoms. The van der Waals surface area contributed by atoms with Gasteiger partial charge in [-0.3, -0.25) is 4.79 Å². The van der Waals surface area contributed by atoms with Crippen LogP contribution < -0.4 is 19.9 Å². The molecule has 0 radical (unpaired) electrons. The highest BCUT2D eigenvalue weighted by Gasteiger charge is 2.21. The normalized spacial score (nSPS) is 14.5. The Balaban J connectivity index is 1.52. The molecule has 27 heavy (non-hydrogen) atoms. The van der Waals surface area contributed by atoms with E-state index in [9.17, 15) is 4.79 Å². The standard InChI is InChI=1S/C19H27N5O2S/c1-22(2)9-8-20-18(25)17-14-27-19(21-17)24-12-10-23(11-13-24)15-4-6-16(26-3)7-5-15/h4-7,14H,8-13H2,1-3H3,(H,20,25). The summed E-state index contributed by atoms with van der Waals surface area (Å²) >= 11 is 1.53. The molecular formula is C19H27N5O2S. The van der Waals surface area contributed by atoms with E-state index < -0.39 is 0 Å². The van der Waals surface area contributed by atoms with Crippen LogP contribution in [0, 0.1) is 0 Å². The van der Waals surface area contributed by atoms with Crippen LogP contribution in [0.4, 0.5) is 10.8 Å². The van der Waals surface area contributed by atoms with Crippen LogP contribution in [-0.2, 0) is 0 Å². The molecule has 1 amide bonds. The first-order chi connectivity index (χ1) is 13.1. The number of nitrogens with zero attached hydrogens (tertiary/aromatic N) is 4. The molecule has 8 heteroatoms. The average Bonchev–Trinajstić information content (AvgIpc) is 3.18. The number of hydrogen-bond donors (Lipinski definition) is 1. The number of methoxy groups -OCH3 is 1. The Morgan fingerprint density at radius 3 is 2.48 bits per heavy atom. The molecule has 1 fully saturated rings. The summed E-state index contributed by atoms with van der Waals surface area (Å²) in [4.78, 5) is 23.4. The van der Waals surface area contributed by atoms with Crippen molar-refractivity contribution < 1.29 is 9.53 Å². The summed E-state index contributed by atoms with van der Waals surface area (Å²) < 4.78 is 5.22. The predicted octanol–water partition coefficient (Wildman–Crippen LogP) is 1.77. The number of likely N-dealkylation sites (N-methyl/N-ethyl adjacent to an activating group) is 1. The van der Waals surface area contributed by atoms with Gasteiger partial charge >= 0.3 is 0 Å². The van der Waals surface area contributed by atoms with Crippen LogP contribution in [0.5, 0.6) is 5.75 Å². The van der Waals surface area contributed by atoms with E-state index in [1.165, 1.54) is 17.0 Å². The molecule has 2 heterocycles. The van der Waals surface area contributed by atoms with Gasteiger partial charge in [-0.1, -0.05) is 0 Å². The van der Waals surface area contributed by atoms with Crippen molar-refractivity contribution in [3.63, 3.8) is 0 Å². The topological polar surface area (TPSA) is 60.9 Å². The summed E-state index contributed by atoms with van der Waals surface area (Å²) in [5.41, 5.74) is 1.71. The lowest BCUT2D eigenvalue weighted by Gasteiger charge is -2.36. The van der Waals surface area contributed by atoms with Crippen molar-refractivity contribution in [2.24, 2.45) is 0 Å². The second kappa shape index (κ2) is 9.05.